The van der Waals surface area contributed by atoms with Crippen molar-refractivity contribution in [2.45, 2.75) is 25.8 Å². The Morgan fingerprint density at radius 1 is 1.50 bits per heavy atom. The number of carbonyl (C=O) groups excluding carboxylic acids is 2. The van der Waals surface area contributed by atoms with Gasteiger partial charge in [-0.15, -0.1) is 11.3 Å². The molecule has 0 aromatic carbocycles. The number of halogens is 1. The zero-order chi connectivity index (χ0) is 13.3. The highest BCUT2D eigenvalue weighted by Crippen LogP contribution is 2.27. The maximum atomic E-state index is 12.4. The fraction of sp³-hybridized carbons (Fsp3) is 0.500. The second kappa shape index (κ2) is 5.40. The largest absolute Gasteiger partial charge is 0.369 e. The lowest BCUT2D eigenvalue weighted by Gasteiger charge is -2.36. The van der Waals surface area contributed by atoms with Gasteiger partial charge in [-0.05, 0) is 41.8 Å². The zero-order valence-corrected chi connectivity index (χ0v) is 12.5. The normalized spacial score (nSPS) is 24.0. The molecular formula is C12H15BrN2O2S. The van der Waals surface area contributed by atoms with Crippen LogP contribution in [0, 0.1) is 5.92 Å². The number of hydrogen-bond donors (Lipinski definition) is 1. The second-order valence-corrected chi connectivity index (χ2v) is 6.44. The minimum absolute atomic E-state index is 0.0100. The number of nitrogens with zero attached hydrogens (tertiary/aromatic N) is 1. The Labute approximate surface area is 118 Å². The van der Waals surface area contributed by atoms with Crippen LogP contribution in [0.3, 0.4) is 0 Å². The van der Waals surface area contributed by atoms with Crippen molar-refractivity contribution in [2.75, 3.05) is 6.54 Å². The highest BCUT2D eigenvalue weighted by molar-refractivity contribution is 9.10. The van der Waals surface area contributed by atoms with E-state index >= 15 is 0 Å². The molecule has 1 aromatic rings. The zero-order valence-electron chi connectivity index (χ0n) is 10.1. The summed E-state index contributed by atoms with van der Waals surface area (Å²) in [5.74, 6) is -0.537. The van der Waals surface area contributed by atoms with Gasteiger partial charge in [-0.3, -0.25) is 9.59 Å². The van der Waals surface area contributed by atoms with Gasteiger partial charge in [-0.2, -0.15) is 0 Å². The molecule has 0 saturated carbocycles. The molecule has 1 aliphatic heterocycles. The third-order valence-corrected chi connectivity index (χ3v) is 5.00. The van der Waals surface area contributed by atoms with Crippen LogP contribution in [-0.4, -0.2) is 29.3 Å². The summed E-state index contributed by atoms with van der Waals surface area (Å²) >= 11 is 4.75. The first kappa shape index (κ1) is 13.5. The van der Waals surface area contributed by atoms with Gasteiger partial charge in [0.15, 0.2) is 0 Å². The number of rotatable bonds is 2. The molecule has 1 saturated heterocycles. The molecule has 2 unspecified atom stereocenters. The molecule has 0 spiro atoms. The average molecular weight is 331 g/mol. The fourth-order valence-electron chi connectivity index (χ4n) is 2.19. The Hall–Kier alpha value is -0.880. The standard InChI is InChI=1S/C12H15BrN2O2S/c1-7-2-3-8(11(14)16)5-15(7)12(17)10-4-9(13)6-18-10/h4,6-8H,2-3,5H2,1H3,(H2,14,16). The summed E-state index contributed by atoms with van der Waals surface area (Å²) in [7, 11) is 0. The molecule has 0 aliphatic carbocycles. The minimum atomic E-state index is -0.313. The Morgan fingerprint density at radius 3 is 2.78 bits per heavy atom. The number of carbonyl (C=O) groups is 2. The first-order chi connectivity index (χ1) is 8.49. The van der Waals surface area contributed by atoms with Crippen LogP contribution in [-0.2, 0) is 4.79 Å². The second-order valence-electron chi connectivity index (χ2n) is 4.61. The summed E-state index contributed by atoms with van der Waals surface area (Å²) in [6, 6.07) is 1.97. The van der Waals surface area contributed by atoms with Crippen molar-refractivity contribution < 1.29 is 9.59 Å². The van der Waals surface area contributed by atoms with E-state index < -0.39 is 0 Å². The SMILES string of the molecule is CC1CCC(C(N)=O)CN1C(=O)c1cc(Br)cs1. The number of thiophene rings is 1. The van der Waals surface area contributed by atoms with Gasteiger partial charge in [-0.25, -0.2) is 0 Å². The van der Waals surface area contributed by atoms with Crippen LogP contribution < -0.4 is 5.73 Å². The minimum Gasteiger partial charge on any atom is -0.369 e. The molecule has 2 heterocycles. The lowest BCUT2D eigenvalue weighted by molar-refractivity contribution is -0.123. The van der Waals surface area contributed by atoms with E-state index in [0.29, 0.717) is 11.4 Å². The van der Waals surface area contributed by atoms with Crippen LogP contribution in [0.15, 0.2) is 15.9 Å². The third kappa shape index (κ3) is 2.75. The summed E-state index contributed by atoms with van der Waals surface area (Å²) in [5.41, 5.74) is 5.34. The van der Waals surface area contributed by atoms with E-state index in [2.05, 4.69) is 15.9 Å². The van der Waals surface area contributed by atoms with E-state index in [1.807, 2.05) is 18.4 Å². The quantitative estimate of drug-likeness (QED) is 0.903. The van der Waals surface area contributed by atoms with Crippen molar-refractivity contribution in [3.8, 4) is 0 Å². The summed E-state index contributed by atoms with van der Waals surface area (Å²) in [6.45, 7) is 2.45. The Kier molecular flexibility index (Phi) is 4.07. The van der Waals surface area contributed by atoms with E-state index in [1.165, 1.54) is 11.3 Å². The highest BCUT2D eigenvalue weighted by atomic mass is 79.9. The molecule has 0 bridgehead atoms. The molecule has 0 radical (unpaired) electrons. The molecule has 1 aromatic heterocycles. The maximum absolute atomic E-state index is 12.4. The van der Waals surface area contributed by atoms with E-state index in [1.54, 1.807) is 4.90 Å². The first-order valence-corrected chi connectivity index (χ1v) is 7.50. The molecular weight excluding hydrogens is 316 g/mol. The molecule has 2 rings (SSSR count). The van der Waals surface area contributed by atoms with Crippen LogP contribution in [0.5, 0.6) is 0 Å². The number of hydrogen-bond acceptors (Lipinski definition) is 3. The van der Waals surface area contributed by atoms with Crippen LogP contribution in [0.4, 0.5) is 0 Å². The van der Waals surface area contributed by atoms with Gasteiger partial charge in [0.2, 0.25) is 5.91 Å². The van der Waals surface area contributed by atoms with Gasteiger partial charge >= 0.3 is 0 Å². The van der Waals surface area contributed by atoms with Gasteiger partial charge < -0.3 is 10.6 Å². The summed E-state index contributed by atoms with van der Waals surface area (Å²) < 4.78 is 0.909. The molecule has 4 nitrogen and oxygen atoms in total. The molecule has 6 heteroatoms. The van der Waals surface area contributed by atoms with Gasteiger partial charge in [0, 0.05) is 22.4 Å². The lowest BCUT2D eigenvalue weighted by atomic mass is 9.93. The molecule has 2 amide bonds. The molecule has 2 N–H and O–H groups in total. The highest BCUT2D eigenvalue weighted by Gasteiger charge is 2.32. The monoisotopic (exact) mass is 330 g/mol. The lowest BCUT2D eigenvalue weighted by Crippen LogP contribution is -2.48. The summed E-state index contributed by atoms with van der Waals surface area (Å²) in [4.78, 5) is 26.1. The maximum Gasteiger partial charge on any atom is 0.264 e. The smallest absolute Gasteiger partial charge is 0.264 e. The van der Waals surface area contributed by atoms with Crippen molar-refractivity contribution in [1.82, 2.24) is 4.90 Å². The number of amides is 2. The summed E-state index contributed by atoms with van der Waals surface area (Å²) in [5, 5.41) is 1.88. The van der Waals surface area contributed by atoms with Crippen molar-refractivity contribution in [1.29, 1.82) is 0 Å². The molecule has 2 atom stereocenters. The van der Waals surface area contributed by atoms with E-state index in [0.717, 1.165) is 17.3 Å². The van der Waals surface area contributed by atoms with Gasteiger partial charge in [0.1, 0.15) is 0 Å². The average Bonchev–Trinajstić information content (AvgIpc) is 2.75. The summed E-state index contributed by atoms with van der Waals surface area (Å²) in [6.07, 6.45) is 1.60. The third-order valence-electron chi connectivity index (χ3n) is 3.32. The van der Waals surface area contributed by atoms with Gasteiger partial charge in [0.25, 0.3) is 5.91 Å². The fourth-order valence-corrected chi connectivity index (χ4v) is 3.57. The predicted octanol–water partition coefficient (Wildman–Crippen LogP) is 2.24. The number of nitrogens with two attached hydrogens (primary N) is 1. The Balaban J connectivity index is 2.15. The van der Waals surface area contributed by atoms with Crippen molar-refractivity contribution in [3.05, 3.63) is 20.8 Å². The van der Waals surface area contributed by atoms with Crippen LogP contribution >= 0.6 is 27.3 Å². The molecule has 98 valence electrons. The Morgan fingerprint density at radius 2 is 2.22 bits per heavy atom. The number of primary amides is 1. The van der Waals surface area contributed by atoms with E-state index in [9.17, 15) is 9.59 Å². The van der Waals surface area contributed by atoms with E-state index in [4.69, 9.17) is 5.73 Å². The van der Waals surface area contributed by atoms with Crippen molar-refractivity contribution in [2.24, 2.45) is 11.7 Å². The van der Waals surface area contributed by atoms with Gasteiger partial charge in [0.05, 0.1) is 10.8 Å². The molecule has 1 fully saturated rings. The van der Waals surface area contributed by atoms with Crippen molar-refractivity contribution in [3.63, 3.8) is 0 Å². The Bertz CT molecular complexity index is 474. The van der Waals surface area contributed by atoms with Crippen LogP contribution in [0.1, 0.15) is 29.4 Å². The molecule has 1 aliphatic rings. The van der Waals surface area contributed by atoms with Crippen LogP contribution in [0.25, 0.3) is 0 Å². The van der Waals surface area contributed by atoms with Crippen molar-refractivity contribution >= 4 is 39.1 Å². The first-order valence-electron chi connectivity index (χ1n) is 5.83. The van der Waals surface area contributed by atoms with E-state index in [-0.39, 0.29) is 23.8 Å². The number of piperidine rings is 1. The predicted molar refractivity (Wildman–Crippen MR) is 74.4 cm³/mol. The molecule has 18 heavy (non-hydrogen) atoms. The van der Waals surface area contributed by atoms with Crippen LogP contribution in [0.2, 0.25) is 0 Å². The van der Waals surface area contributed by atoms with Gasteiger partial charge in [-0.1, -0.05) is 0 Å². The number of likely N-dealkylation sites (tertiary alicyclic amines) is 1. The topological polar surface area (TPSA) is 63.4 Å².